The van der Waals surface area contributed by atoms with Crippen molar-refractivity contribution < 1.29 is 36.6 Å². The van der Waals surface area contributed by atoms with Gasteiger partial charge in [-0.3, -0.25) is 4.79 Å². The predicted octanol–water partition coefficient (Wildman–Crippen LogP) is 2.62. The first-order valence-corrected chi connectivity index (χ1v) is 11.8. The number of carbonyl (C=O) groups is 2. The lowest BCUT2D eigenvalue weighted by atomic mass is 10.1. The third kappa shape index (κ3) is 5.42. The molecule has 0 saturated carbocycles. The van der Waals surface area contributed by atoms with Gasteiger partial charge >= 0.3 is 5.97 Å². The van der Waals surface area contributed by atoms with E-state index in [1.807, 2.05) is 0 Å². The summed E-state index contributed by atoms with van der Waals surface area (Å²) in [5.41, 5.74) is 0.180. The Morgan fingerprint density at radius 3 is 2.52 bits per heavy atom. The summed E-state index contributed by atoms with van der Waals surface area (Å²) in [7, 11) is -3.90. The molecule has 2 aromatic carbocycles. The standard InChI is InChI=1S/C22H25FN2O7S/c1-4-25(5-2)33(28,29)16-7-8-18(23)17(11-16)22(27)30-12-21(26)24-14(3)15-6-9-19-20(10-15)32-13-31-19/h6-11,14H,4-5,12-13H2,1-3H3,(H,24,26). The van der Waals surface area contributed by atoms with Crippen LogP contribution >= 0.6 is 0 Å². The maximum atomic E-state index is 14.2. The van der Waals surface area contributed by atoms with Crippen LogP contribution in [0.4, 0.5) is 4.39 Å². The molecule has 0 aliphatic carbocycles. The molecule has 1 aliphatic heterocycles. The Hall–Kier alpha value is -3.18. The lowest BCUT2D eigenvalue weighted by Crippen LogP contribution is -2.31. The number of benzene rings is 2. The first-order valence-electron chi connectivity index (χ1n) is 10.3. The summed E-state index contributed by atoms with van der Waals surface area (Å²) in [6.07, 6.45) is 0. The van der Waals surface area contributed by atoms with Gasteiger partial charge in [0.05, 0.1) is 16.5 Å². The van der Waals surface area contributed by atoms with Gasteiger partial charge in [0.25, 0.3) is 5.91 Å². The molecule has 1 amide bonds. The first kappa shape index (κ1) is 24.5. The molecule has 0 bridgehead atoms. The van der Waals surface area contributed by atoms with E-state index in [1.54, 1.807) is 39.0 Å². The minimum absolute atomic E-state index is 0.128. The van der Waals surface area contributed by atoms with Crippen LogP contribution in [-0.4, -0.2) is 51.1 Å². The molecular formula is C22H25FN2O7S. The summed E-state index contributed by atoms with van der Waals surface area (Å²) < 4.78 is 56.2. The van der Waals surface area contributed by atoms with Crippen LogP contribution in [0.25, 0.3) is 0 Å². The number of rotatable bonds is 9. The van der Waals surface area contributed by atoms with Crippen molar-refractivity contribution in [3.8, 4) is 11.5 Å². The van der Waals surface area contributed by atoms with Crippen LogP contribution < -0.4 is 14.8 Å². The van der Waals surface area contributed by atoms with Gasteiger partial charge in [-0.25, -0.2) is 17.6 Å². The highest BCUT2D eigenvalue weighted by Crippen LogP contribution is 2.34. The van der Waals surface area contributed by atoms with Gasteiger partial charge in [0, 0.05) is 13.1 Å². The Kier molecular flexibility index (Phi) is 7.54. The molecule has 1 N–H and O–H groups in total. The van der Waals surface area contributed by atoms with E-state index < -0.39 is 45.9 Å². The van der Waals surface area contributed by atoms with Gasteiger partial charge < -0.3 is 19.5 Å². The number of ether oxygens (including phenoxy) is 3. The second-order valence-electron chi connectivity index (χ2n) is 7.21. The summed E-state index contributed by atoms with van der Waals surface area (Å²) in [6, 6.07) is 7.68. The van der Waals surface area contributed by atoms with Gasteiger partial charge in [-0.2, -0.15) is 4.31 Å². The lowest BCUT2D eigenvalue weighted by molar-refractivity contribution is -0.124. The maximum absolute atomic E-state index is 14.2. The molecule has 11 heteroatoms. The van der Waals surface area contributed by atoms with Gasteiger partial charge in [-0.05, 0) is 42.8 Å². The van der Waals surface area contributed by atoms with Crippen LogP contribution in [-0.2, 0) is 19.6 Å². The fraction of sp³-hybridized carbons (Fsp3) is 0.364. The molecule has 1 aliphatic rings. The zero-order chi connectivity index (χ0) is 24.2. The van der Waals surface area contributed by atoms with E-state index in [0.29, 0.717) is 11.5 Å². The third-order valence-electron chi connectivity index (χ3n) is 5.11. The maximum Gasteiger partial charge on any atom is 0.341 e. The fourth-order valence-corrected chi connectivity index (χ4v) is 4.78. The van der Waals surface area contributed by atoms with E-state index in [9.17, 15) is 22.4 Å². The van der Waals surface area contributed by atoms with E-state index in [1.165, 1.54) is 4.31 Å². The van der Waals surface area contributed by atoms with Gasteiger partial charge in [-0.15, -0.1) is 0 Å². The Bertz CT molecular complexity index is 1150. The first-order chi connectivity index (χ1) is 15.7. The number of fused-ring (bicyclic) bond motifs is 1. The Labute approximate surface area is 191 Å². The number of hydrogen-bond acceptors (Lipinski definition) is 7. The SMILES string of the molecule is CCN(CC)S(=O)(=O)c1ccc(F)c(C(=O)OCC(=O)NC(C)c2ccc3c(c2)OCO3)c1. The average Bonchev–Trinajstić information content (AvgIpc) is 3.26. The minimum atomic E-state index is -3.90. The van der Waals surface area contributed by atoms with Crippen LogP contribution in [0.2, 0.25) is 0 Å². The van der Waals surface area contributed by atoms with Gasteiger partial charge in [-0.1, -0.05) is 19.9 Å². The lowest BCUT2D eigenvalue weighted by Gasteiger charge is -2.19. The monoisotopic (exact) mass is 480 g/mol. The highest BCUT2D eigenvalue weighted by molar-refractivity contribution is 7.89. The highest BCUT2D eigenvalue weighted by atomic mass is 32.2. The number of nitrogens with zero attached hydrogens (tertiary/aromatic N) is 1. The zero-order valence-corrected chi connectivity index (χ0v) is 19.3. The van der Waals surface area contributed by atoms with E-state index >= 15 is 0 Å². The average molecular weight is 481 g/mol. The normalized spacial score (nSPS) is 13.6. The molecule has 33 heavy (non-hydrogen) atoms. The fourth-order valence-electron chi connectivity index (χ4n) is 3.29. The molecule has 1 atom stereocenters. The molecular weight excluding hydrogens is 455 g/mol. The molecule has 1 heterocycles. The molecule has 1 unspecified atom stereocenters. The van der Waals surface area contributed by atoms with Crippen molar-refractivity contribution in [3.63, 3.8) is 0 Å². The van der Waals surface area contributed by atoms with E-state index in [4.69, 9.17) is 14.2 Å². The number of amides is 1. The van der Waals surface area contributed by atoms with Crippen LogP contribution in [0.3, 0.4) is 0 Å². The second-order valence-corrected chi connectivity index (χ2v) is 9.15. The molecule has 9 nitrogen and oxygen atoms in total. The van der Waals surface area contributed by atoms with Crippen molar-refractivity contribution in [2.24, 2.45) is 0 Å². The molecule has 0 fully saturated rings. The molecule has 0 spiro atoms. The number of esters is 1. The number of carbonyl (C=O) groups excluding carboxylic acids is 2. The van der Waals surface area contributed by atoms with Crippen molar-refractivity contribution in [2.75, 3.05) is 26.5 Å². The quantitative estimate of drug-likeness (QED) is 0.549. The van der Waals surface area contributed by atoms with Crippen molar-refractivity contribution >= 4 is 21.9 Å². The number of halogens is 1. The van der Waals surface area contributed by atoms with Crippen molar-refractivity contribution in [1.29, 1.82) is 0 Å². The van der Waals surface area contributed by atoms with E-state index in [2.05, 4.69) is 5.32 Å². The van der Waals surface area contributed by atoms with Crippen LogP contribution in [0, 0.1) is 5.82 Å². The van der Waals surface area contributed by atoms with Crippen molar-refractivity contribution in [3.05, 3.63) is 53.3 Å². The molecule has 178 valence electrons. The molecule has 0 aromatic heterocycles. The topological polar surface area (TPSA) is 111 Å². The summed E-state index contributed by atoms with van der Waals surface area (Å²) in [6.45, 7) is 4.98. The number of nitrogens with one attached hydrogen (secondary N) is 1. The summed E-state index contributed by atoms with van der Waals surface area (Å²) in [5.74, 6) is -1.53. The van der Waals surface area contributed by atoms with Crippen LogP contribution in [0.15, 0.2) is 41.3 Å². The Morgan fingerprint density at radius 2 is 1.82 bits per heavy atom. The third-order valence-corrected chi connectivity index (χ3v) is 7.16. The molecule has 0 radical (unpaired) electrons. The Balaban J connectivity index is 1.63. The minimum Gasteiger partial charge on any atom is -0.454 e. The van der Waals surface area contributed by atoms with Crippen molar-refractivity contribution in [1.82, 2.24) is 9.62 Å². The molecule has 2 aromatic rings. The summed E-state index contributed by atoms with van der Waals surface area (Å²) in [4.78, 5) is 24.4. The zero-order valence-electron chi connectivity index (χ0n) is 18.5. The highest BCUT2D eigenvalue weighted by Gasteiger charge is 2.25. The van der Waals surface area contributed by atoms with Crippen LogP contribution in [0.1, 0.15) is 42.7 Å². The van der Waals surface area contributed by atoms with E-state index in [-0.39, 0.29) is 24.8 Å². The predicted molar refractivity (Wildman–Crippen MR) is 116 cm³/mol. The Morgan fingerprint density at radius 1 is 1.12 bits per heavy atom. The summed E-state index contributed by atoms with van der Waals surface area (Å²) in [5, 5.41) is 2.67. The van der Waals surface area contributed by atoms with Gasteiger partial charge in [0.2, 0.25) is 16.8 Å². The van der Waals surface area contributed by atoms with Crippen molar-refractivity contribution in [2.45, 2.75) is 31.7 Å². The van der Waals surface area contributed by atoms with E-state index in [0.717, 1.165) is 23.8 Å². The summed E-state index contributed by atoms with van der Waals surface area (Å²) >= 11 is 0. The molecule has 3 rings (SSSR count). The molecule has 0 saturated heterocycles. The largest absolute Gasteiger partial charge is 0.454 e. The van der Waals surface area contributed by atoms with Gasteiger partial charge in [0.1, 0.15) is 5.82 Å². The van der Waals surface area contributed by atoms with Crippen LogP contribution in [0.5, 0.6) is 11.5 Å². The van der Waals surface area contributed by atoms with Gasteiger partial charge in [0.15, 0.2) is 18.1 Å². The second kappa shape index (κ2) is 10.2. The smallest absolute Gasteiger partial charge is 0.341 e. The number of sulfonamides is 1. The number of hydrogen-bond donors (Lipinski definition) is 1.